The lowest BCUT2D eigenvalue weighted by Gasteiger charge is -2.13. The van der Waals surface area contributed by atoms with Gasteiger partial charge in [-0.05, 0) is 116 Å². The van der Waals surface area contributed by atoms with Gasteiger partial charge in [0.25, 0.3) is 0 Å². The number of nitriles is 2. The standard InChI is InChI=1S/C23H17N3O3.C23H17N3O2/c1-3-16-5-4-6-18(13-16)25-23(27)26-19-9-12-21(28-2)22(14-19)29-20-10-7-17(15-24)8-11-20;1-3-17-5-4-6-19(13-17)25-23(27)26-20-10-7-16(2)22(14-20)28-21-11-8-18(15-24)9-12-21/h1,4-14H,2H3,(H2,25,26,27);1,4-14H,2H3,(H2,25,26,27). The number of terminal acetylenes is 2. The summed E-state index contributed by atoms with van der Waals surface area (Å²) < 4.78 is 17.0. The van der Waals surface area contributed by atoms with E-state index in [0.717, 1.165) is 5.56 Å². The summed E-state index contributed by atoms with van der Waals surface area (Å²) in [4.78, 5) is 24.6. The number of methoxy groups -OCH3 is 1. The van der Waals surface area contributed by atoms with Crippen molar-refractivity contribution in [2.45, 2.75) is 6.92 Å². The zero-order chi connectivity index (χ0) is 40.6. The number of aryl methyl sites for hydroxylation is 1. The SMILES string of the molecule is C#Cc1cccc(NC(=O)Nc2ccc(C)c(Oc3ccc(C#N)cc3)c2)c1.C#Cc1cccc(NC(=O)Nc2ccc(OC)c(Oc3ccc(C#N)cc3)c2)c1. The maximum atomic E-state index is 12.3. The largest absolute Gasteiger partial charge is 0.493 e. The number of hydrogen-bond acceptors (Lipinski definition) is 7. The van der Waals surface area contributed by atoms with Gasteiger partial charge in [-0.1, -0.05) is 30.0 Å². The Morgan fingerprint density at radius 2 is 0.930 bits per heavy atom. The van der Waals surface area contributed by atoms with Crippen molar-refractivity contribution in [1.29, 1.82) is 10.5 Å². The maximum Gasteiger partial charge on any atom is 0.323 e. The highest BCUT2D eigenvalue weighted by molar-refractivity contribution is 6.00. The number of carbonyl (C=O) groups is 2. The van der Waals surface area contributed by atoms with Crippen LogP contribution in [0.5, 0.6) is 28.7 Å². The molecular weight excluding hydrogens is 717 g/mol. The summed E-state index contributed by atoms with van der Waals surface area (Å²) in [5.41, 5.74) is 5.65. The number of amides is 4. The molecule has 4 N–H and O–H groups in total. The number of carbonyl (C=O) groups excluding carboxylic acids is 2. The van der Waals surface area contributed by atoms with Gasteiger partial charge in [0, 0.05) is 46.0 Å². The van der Waals surface area contributed by atoms with Crippen molar-refractivity contribution in [1.82, 2.24) is 0 Å². The van der Waals surface area contributed by atoms with Crippen LogP contribution in [0.3, 0.4) is 0 Å². The molecule has 0 heterocycles. The van der Waals surface area contributed by atoms with Crippen molar-refractivity contribution < 1.29 is 23.8 Å². The Morgan fingerprint density at radius 1 is 0.509 bits per heavy atom. The number of anilines is 4. The number of urea groups is 2. The van der Waals surface area contributed by atoms with Gasteiger partial charge in [-0.2, -0.15) is 10.5 Å². The van der Waals surface area contributed by atoms with Crippen LogP contribution in [0.4, 0.5) is 32.3 Å². The van der Waals surface area contributed by atoms with Crippen LogP contribution < -0.4 is 35.5 Å². The van der Waals surface area contributed by atoms with E-state index in [0.29, 0.717) is 73.8 Å². The molecule has 0 aromatic heterocycles. The van der Waals surface area contributed by atoms with Crippen LogP contribution in [-0.2, 0) is 0 Å². The van der Waals surface area contributed by atoms with E-state index in [9.17, 15) is 9.59 Å². The topological polar surface area (TPSA) is 158 Å². The number of ether oxygens (including phenoxy) is 3. The average Bonchev–Trinajstić information content (AvgIpc) is 3.23. The Morgan fingerprint density at radius 3 is 1.37 bits per heavy atom. The van der Waals surface area contributed by atoms with E-state index in [1.807, 2.05) is 13.0 Å². The normalized spacial score (nSPS) is 9.65. The fraction of sp³-hybridized carbons (Fsp3) is 0.0435. The Hall–Kier alpha value is -8.64. The summed E-state index contributed by atoms with van der Waals surface area (Å²) in [7, 11) is 1.53. The van der Waals surface area contributed by atoms with Crippen LogP contribution >= 0.6 is 0 Å². The molecule has 0 bridgehead atoms. The van der Waals surface area contributed by atoms with Crippen LogP contribution in [0.1, 0.15) is 27.8 Å². The van der Waals surface area contributed by atoms with Crippen LogP contribution in [0.25, 0.3) is 0 Å². The lowest BCUT2D eigenvalue weighted by molar-refractivity contribution is 0.261. The molecule has 4 amide bonds. The number of benzene rings is 6. The Bertz CT molecular complexity index is 2560. The summed E-state index contributed by atoms with van der Waals surface area (Å²) in [6, 6.07) is 41.3. The molecule has 0 saturated heterocycles. The van der Waals surface area contributed by atoms with Crippen molar-refractivity contribution in [3.05, 3.63) is 161 Å². The van der Waals surface area contributed by atoms with Gasteiger partial charge in [-0.3, -0.25) is 0 Å². The minimum Gasteiger partial charge on any atom is -0.493 e. The first-order valence-electron chi connectivity index (χ1n) is 17.1. The molecule has 6 aromatic rings. The summed E-state index contributed by atoms with van der Waals surface area (Å²) >= 11 is 0. The molecule has 11 heteroatoms. The second-order valence-corrected chi connectivity index (χ2v) is 11.9. The van der Waals surface area contributed by atoms with Gasteiger partial charge in [0.05, 0.1) is 30.4 Å². The number of rotatable bonds is 9. The third-order valence-corrected chi connectivity index (χ3v) is 7.86. The van der Waals surface area contributed by atoms with Crippen LogP contribution in [0.15, 0.2) is 133 Å². The Kier molecular flexibility index (Phi) is 13.5. The quantitative estimate of drug-likeness (QED) is 0.107. The molecule has 0 unspecified atom stereocenters. The molecule has 6 rings (SSSR count). The molecule has 0 radical (unpaired) electrons. The van der Waals surface area contributed by atoms with Crippen molar-refractivity contribution in [3.63, 3.8) is 0 Å². The number of hydrogen-bond donors (Lipinski definition) is 4. The van der Waals surface area contributed by atoms with E-state index in [1.165, 1.54) is 7.11 Å². The summed E-state index contributed by atoms with van der Waals surface area (Å²) in [6.07, 6.45) is 10.8. The summed E-state index contributed by atoms with van der Waals surface area (Å²) in [6.45, 7) is 1.91. The van der Waals surface area contributed by atoms with E-state index in [1.54, 1.807) is 127 Å². The fourth-order valence-electron chi connectivity index (χ4n) is 5.03. The van der Waals surface area contributed by atoms with Crippen LogP contribution in [-0.4, -0.2) is 19.2 Å². The Balaban J connectivity index is 0.000000218. The number of nitrogens with one attached hydrogen (secondary N) is 4. The monoisotopic (exact) mass is 750 g/mol. The van der Waals surface area contributed by atoms with Crippen molar-refractivity contribution >= 4 is 34.8 Å². The molecule has 0 aliphatic rings. The van der Waals surface area contributed by atoms with E-state index in [4.69, 9.17) is 37.6 Å². The van der Waals surface area contributed by atoms with Crippen LogP contribution in [0, 0.1) is 54.3 Å². The van der Waals surface area contributed by atoms with E-state index in [2.05, 4.69) is 45.2 Å². The highest BCUT2D eigenvalue weighted by Gasteiger charge is 2.11. The lowest BCUT2D eigenvalue weighted by atomic mass is 10.2. The van der Waals surface area contributed by atoms with Gasteiger partial charge in [-0.15, -0.1) is 12.8 Å². The molecule has 278 valence electrons. The summed E-state index contributed by atoms with van der Waals surface area (Å²) in [5, 5.41) is 28.7. The minimum absolute atomic E-state index is 0.387. The third-order valence-electron chi connectivity index (χ3n) is 7.86. The summed E-state index contributed by atoms with van der Waals surface area (Å²) in [5.74, 6) is 7.72. The first kappa shape index (κ1) is 39.6. The lowest BCUT2D eigenvalue weighted by Crippen LogP contribution is -2.19. The average molecular weight is 751 g/mol. The van der Waals surface area contributed by atoms with Gasteiger partial charge in [0.2, 0.25) is 0 Å². The first-order valence-corrected chi connectivity index (χ1v) is 17.1. The van der Waals surface area contributed by atoms with Gasteiger partial charge in [0.15, 0.2) is 11.5 Å². The number of nitrogens with zero attached hydrogens (tertiary/aromatic N) is 2. The highest BCUT2D eigenvalue weighted by Crippen LogP contribution is 2.34. The van der Waals surface area contributed by atoms with Crippen molar-refractivity contribution in [2.24, 2.45) is 0 Å². The van der Waals surface area contributed by atoms with Crippen LogP contribution in [0.2, 0.25) is 0 Å². The van der Waals surface area contributed by atoms with Gasteiger partial charge >= 0.3 is 12.1 Å². The predicted octanol–water partition coefficient (Wildman–Crippen LogP) is 10.3. The smallest absolute Gasteiger partial charge is 0.323 e. The Labute approximate surface area is 330 Å². The zero-order valence-electron chi connectivity index (χ0n) is 30.8. The first-order chi connectivity index (χ1) is 27.7. The van der Waals surface area contributed by atoms with Gasteiger partial charge in [-0.25, -0.2) is 9.59 Å². The molecular formula is C46H34N6O5. The molecule has 6 aromatic carbocycles. The van der Waals surface area contributed by atoms with E-state index >= 15 is 0 Å². The molecule has 0 saturated carbocycles. The molecule has 0 atom stereocenters. The van der Waals surface area contributed by atoms with Gasteiger partial charge < -0.3 is 35.5 Å². The molecule has 11 nitrogen and oxygen atoms in total. The molecule has 57 heavy (non-hydrogen) atoms. The van der Waals surface area contributed by atoms with E-state index in [-0.39, 0.29) is 6.03 Å². The second kappa shape index (κ2) is 19.4. The highest BCUT2D eigenvalue weighted by atomic mass is 16.5. The molecule has 0 spiro atoms. The fourth-order valence-corrected chi connectivity index (χ4v) is 5.03. The van der Waals surface area contributed by atoms with Gasteiger partial charge in [0.1, 0.15) is 17.2 Å². The van der Waals surface area contributed by atoms with Crippen molar-refractivity contribution in [3.8, 4) is 65.6 Å². The zero-order valence-corrected chi connectivity index (χ0v) is 30.8. The van der Waals surface area contributed by atoms with Crippen molar-refractivity contribution in [2.75, 3.05) is 28.4 Å². The maximum absolute atomic E-state index is 12.3. The predicted molar refractivity (Wildman–Crippen MR) is 221 cm³/mol. The second-order valence-electron chi connectivity index (χ2n) is 11.9. The molecule has 0 aliphatic carbocycles. The molecule has 0 fully saturated rings. The molecule has 0 aliphatic heterocycles. The minimum atomic E-state index is -0.423. The third kappa shape index (κ3) is 11.7. The van der Waals surface area contributed by atoms with E-state index < -0.39 is 6.03 Å².